The summed E-state index contributed by atoms with van der Waals surface area (Å²) < 4.78 is 6.36. The summed E-state index contributed by atoms with van der Waals surface area (Å²) in [6.07, 6.45) is 5.51. The van der Waals surface area contributed by atoms with Gasteiger partial charge in [0.15, 0.2) is 5.78 Å². The van der Waals surface area contributed by atoms with Crippen LogP contribution in [0.25, 0.3) is 0 Å². The number of hydrogen-bond acceptors (Lipinski definition) is 9. The van der Waals surface area contributed by atoms with Crippen LogP contribution in [-0.2, 0) is 25.5 Å². The molecular formula is C40H64N4O7S. The Morgan fingerprint density at radius 1 is 1.08 bits per heavy atom. The maximum absolute atomic E-state index is 14.6. The van der Waals surface area contributed by atoms with Gasteiger partial charge >= 0.3 is 5.97 Å². The molecule has 0 aliphatic carbocycles. The average molecular weight is 745 g/mol. The van der Waals surface area contributed by atoms with Gasteiger partial charge in [0.1, 0.15) is 28.6 Å². The molecule has 52 heavy (non-hydrogen) atoms. The number of likely N-dealkylation sites (N-methyl/N-ethyl adjacent to an activating group) is 1. The third-order valence-electron chi connectivity index (χ3n) is 10.1. The van der Waals surface area contributed by atoms with Crippen molar-refractivity contribution in [1.82, 2.24) is 20.1 Å². The van der Waals surface area contributed by atoms with E-state index in [0.717, 1.165) is 45.1 Å². The van der Waals surface area contributed by atoms with E-state index >= 15 is 0 Å². The third-order valence-corrected chi connectivity index (χ3v) is 11.1. The van der Waals surface area contributed by atoms with Crippen molar-refractivity contribution < 1.29 is 34.1 Å². The van der Waals surface area contributed by atoms with Crippen molar-refractivity contribution in [1.29, 1.82) is 0 Å². The Morgan fingerprint density at radius 3 is 2.35 bits per heavy atom. The standard InChI is InChI=1S/C39H60N4O7S.CH4/c1-8-18-43(38(47)29(26(6)10-3)22-34(45)32-13-11-12-19-42(32)7)33(25(4)5)23-35(50-20-9-2)37-41-31(24-51-37)36(46)40-30(39(48)49)21-27-14-16-28(44)17-15-27;/h14-17,24-26,29-30,32-33,35,44H,8-13,18-23H2,1-7H3,(H,40,46)(H,48,49);1H4/t26-,29?,30-,32?,33+,35+;/m0./s1. The molecule has 3 rings (SSSR count). The highest BCUT2D eigenvalue weighted by atomic mass is 32.1. The molecular weight excluding hydrogens is 681 g/mol. The Balaban J connectivity index is 0.00000936. The number of aromatic nitrogens is 1. The van der Waals surface area contributed by atoms with Gasteiger partial charge in [-0.15, -0.1) is 11.3 Å². The predicted molar refractivity (Wildman–Crippen MR) is 207 cm³/mol. The molecule has 1 aromatic carbocycles. The van der Waals surface area contributed by atoms with Crippen LogP contribution in [0.2, 0.25) is 0 Å². The number of benzene rings is 1. The lowest BCUT2D eigenvalue weighted by Gasteiger charge is -2.40. The largest absolute Gasteiger partial charge is 0.508 e. The quantitative estimate of drug-likeness (QED) is 0.121. The number of thiazole rings is 1. The maximum Gasteiger partial charge on any atom is 0.326 e. The molecule has 292 valence electrons. The van der Waals surface area contributed by atoms with Crippen molar-refractivity contribution in [2.75, 3.05) is 26.7 Å². The van der Waals surface area contributed by atoms with E-state index in [-0.39, 0.29) is 67.3 Å². The summed E-state index contributed by atoms with van der Waals surface area (Å²) in [7, 11) is 2.01. The van der Waals surface area contributed by atoms with Crippen molar-refractivity contribution in [3.8, 4) is 5.75 Å². The monoisotopic (exact) mass is 744 g/mol. The molecule has 1 saturated heterocycles. The van der Waals surface area contributed by atoms with Gasteiger partial charge in [-0.3, -0.25) is 19.3 Å². The molecule has 2 unspecified atom stereocenters. The molecule has 2 amide bonds. The first-order valence-electron chi connectivity index (χ1n) is 18.7. The predicted octanol–water partition coefficient (Wildman–Crippen LogP) is 7.14. The van der Waals surface area contributed by atoms with E-state index < -0.39 is 29.9 Å². The van der Waals surface area contributed by atoms with Crippen LogP contribution >= 0.6 is 11.3 Å². The van der Waals surface area contributed by atoms with Gasteiger partial charge in [-0.2, -0.15) is 0 Å². The second-order valence-corrected chi connectivity index (χ2v) is 15.3. The number of carbonyl (C=O) groups is 4. The first kappa shape index (κ1) is 44.8. The van der Waals surface area contributed by atoms with Crippen LogP contribution < -0.4 is 5.32 Å². The highest BCUT2D eigenvalue weighted by molar-refractivity contribution is 7.09. The number of ether oxygens (including phenoxy) is 1. The summed E-state index contributed by atoms with van der Waals surface area (Å²) in [5.74, 6) is -1.86. The van der Waals surface area contributed by atoms with Gasteiger partial charge < -0.3 is 25.2 Å². The summed E-state index contributed by atoms with van der Waals surface area (Å²) in [6.45, 7) is 14.3. The zero-order chi connectivity index (χ0) is 37.7. The highest BCUT2D eigenvalue weighted by Gasteiger charge is 2.38. The minimum atomic E-state index is -1.19. The fraction of sp³-hybridized carbons (Fsp3) is 0.675. The fourth-order valence-electron chi connectivity index (χ4n) is 6.86. The van der Waals surface area contributed by atoms with E-state index in [1.54, 1.807) is 17.5 Å². The number of nitrogens with zero attached hydrogens (tertiary/aromatic N) is 3. The highest BCUT2D eigenvalue weighted by Crippen LogP contribution is 2.33. The summed E-state index contributed by atoms with van der Waals surface area (Å²) >= 11 is 1.28. The minimum Gasteiger partial charge on any atom is -0.508 e. The first-order chi connectivity index (χ1) is 24.3. The van der Waals surface area contributed by atoms with Crippen LogP contribution in [0.15, 0.2) is 29.6 Å². The summed E-state index contributed by atoms with van der Waals surface area (Å²) in [5, 5.41) is 24.2. The fourth-order valence-corrected chi connectivity index (χ4v) is 7.72. The summed E-state index contributed by atoms with van der Waals surface area (Å²) in [5.41, 5.74) is 0.752. The minimum absolute atomic E-state index is 0. The smallest absolute Gasteiger partial charge is 0.326 e. The second kappa shape index (κ2) is 22.0. The van der Waals surface area contributed by atoms with Crippen molar-refractivity contribution >= 4 is 34.9 Å². The van der Waals surface area contributed by atoms with Crippen LogP contribution in [0.4, 0.5) is 0 Å². The number of aromatic hydroxyl groups is 1. The number of phenols is 1. The van der Waals surface area contributed by atoms with Gasteiger partial charge in [0, 0.05) is 49.8 Å². The molecule has 0 spiro atoms. The molecule has 12 heteroatoms. The molecule has 1 aliphatic heterocycles. The molecule has 1 aromatic heterocycles. The van der Waals surface area contributed by atoms with Gasteiger partial charge in [0.2, 0.25) is 5.91 Å². The number of aliphatic carboxylic acids is 1. The number of rotatable bonds is 21. The number of phenolic OH excluding ortho intramolecular Hbond substituents is 1. The van der Waals surface area contributed by atoms with E-state index in [0.29, 0.717) is 30.1 Å². The summed E-state index contributed by atoms with van der Waals surface area (Å²) in [4.78, 5) is 62.3. The van der Waals surface area contributed by atoms with Gasteiger partial charge in [-0.1, -0.05) is 73.9 Å². The van der Waals surface area contributed by atoms with E-state index in [9.17, 15) is 29.4 Å². The van der Waals surface area contributed by atoms with E-state index in [1.807, 2.05) is 18.9 Å². The Labute approximate surface area is 315 Å². The third kappa shape index (κ3) is 12.7. The molecule has 3 N–H and O–H groups in total. The average Bonchev–Trinajstić information content (AvgIpc) is 3.60. The van der Waals surface area contributed by atoms with Gasteiger partial charge in [0.25, 0.3) is 5.91 Å². The van der Waals surface area contributed by atoms with E-state index in [2.05, 4.69) is 49.8 Å². The first-order valence-corrected chi connectivity index (χ1v) is 19.6. The number of carbonyl (C=O) groups excluding carboxylic acids is 3. The molecule has 2 heterocycles. The van der Waals surface area contributed by atoms with E-state index in [1.165, 1.54) is 23.5 Å². The number of carboxylic acids is 1. The van der Waals surface area contributed by atoms with Crippen LogP contribution in [-0.4, -0.2) is 93.4 Å². The second-order valence-electron chi connectivity index (χ2n) is 14.4. The number of amides is 2. The Kier molecular flexibility index (Phi) is 19.0. The van der Waals surface area contributed by atoms with Crippen molar-refractivity contribution in [3.05, 3.63) is 45.9 Å². The van der Waals surface area contributed by atoms with Crippen molar-refractivity contribution in [2.24, 2.45) is 17.8 Å². The lowest BCUT2D eigenvalue weighted by atomic mass is 9.82. The molecule has 1 fully saturated rings. The molecule has 0 bridgehead atoms. The van der Waals surface area contributed by atoms with Gasteiger partial charge in [-0.05, 0) is 68.8 Å². The normalized spacial score (nSPS) is 17.7. The molecule has 6 atom stereocenters. The number of carboxylic acid groups (broad SMARTS) is 1. The lowest BCUT2D eigenvalue weighted by molar-refractivity contribution is -0.145. The lowest BCUT2D eigenvalue weighted by Crippen LogP contribution is -2.50. The topological polar surface area (TPSA) is 149 Å². The van der Waals surface area contributed by atoms with Crippen LogP contribution in [0.5, 0.6) is 5.75 Å². The van der Waals surface area contributed by atoms with Crippen LogP contribution in [0, 0.1) is 17.8 Å². The Hall–Kier alpha value is -3.35. The number of piperidine rings is 1. The Bertz CT molecular complexity index is 1410. The number of nitrogens with one attached hydrogen (secondary N) is 1. The molecule has 11 nitrogen and oxygen atoms in total. The van der Waals surface area contributed by atoms with Crippen LogP contribution in [0.1, 0.15) is 127 Å². The molecule has 0 saturated carbocycles. The number of ketones is 1. The van der Waals surface area contributed by atoms with E-state index in [4.69, 9.17) is 4.74 Å². The molecule has 1 aliphatic rings. The zero-order valence-electron chi connectivity index (χ0n) is 31.6. The number of Topliss-reactive ketones (excluding diaryl/α,β-unsaturated/α-hetero) is 1. The number of likely N-dealkylation sites (tertiary alicyclic amines) is 1. The van der Waals surface area contributed by atoms with Crippen molar-refractivity contribution in [2.45, 2.75) is 131 Å². The number of hydrogen-bond donors (Lipinski definition) is 3. The van der Waals surface area contributed by atoms with Gasteiger partial charge in [-0.25, -0.2) is 9.78 Å². The SMILES string of the molecule is C.CCCO[C@H](C[C@H](C(C)C)N(CCC)C(=O)C(CC(=O)C1CCCCN1C)[C@@H](C)CC)c1nc(C(=O)N[C@@H](Cc2ccc(O)cc2)C(=O)O)cs1. The zero-order valence-corrected chi connectivity index (χ0v) is 32.4. The molecule has 2 aromatic rings. The summed E-state index contributed by atoms with van der Waals surface area (Å²) in [6, 6.07) is 4.63. The van der Waals surface area contributed by atoms with Crippen LogP contribution in [0.3, 0.4) is 0 Å². The maximum atomic E-state index is 14.6. The van der Waals surface area contributed by atoms with Crippen molar-refractivity contribution in [3.63, 3.8) is 0 Å². The van der Waals surface area contributed by atoms with Gasteiger partial charge in [0.05, 0.1) is 6.04 Å². The Morgan fingerprint density at radius 2 is 1.77 bits per heavy atom. The molecule has 0 radical (unpaired) electrons.